The van der Waals surface area contributed by atoms with Crippen LogP contribution in [0.5, 0.6) is 0 Å². The van der Waals surface area contributed by atoms with Gasteiger partial charge in [0.05, 0.1) is 11.5 Å². The zero-order valence-electron chi connectivity index (χ0n) is 10.7. The Kier molecular flexibility index (Phi) is 4.72. The zero-order valence-corrected chi connectivity index (χ0v) is 13.0. The maximum absolute atomic E-state index is 12.6. The van der Waals surface area contributed by atoms with E-state index in [1.807, 2.05) is 6.07 Å². The fourth-order valence-corrected chi connectivity index (χ4v) is 3.42. The smallest absolute Gasteiger partial charge is 0.390 e. The molecule has 2 rings (SSSR count). The monoisotopic (exact) mass is 370 g/mol. The molecule has 0 heterocycles. The molecule has 1 fully saturated rings. The molecular weight excluding hydrogens is 357 g/mol. The first-order valence-electron chi connectivity index (χ1n) is 6.43. The van der Waals surface area contributed by atoms with Crippen LogP contribution in [0, 0.1) is 5.92 Å². The second-order valence-electron chi connectivity index (χ2n) is 5.45. The molecule has 1 aliphatic rings. The highest BCUT2D eigenvalue weighted by Crippen LogP contribution is 2.42. The van der Waals surface area contributed by atoms with Crippen LogP contribution in [-0.2, 0) is 6.42 Å². The van der Waals surface area contributed by atoms with E-state index in [1.165, 1.54) is 0 Å². The van der Waals surface area contributed by atoms with E-state index in [1.54, 1.807) is 12.1 Å². The first kappa shape index (κ1) is 16.1. The van der Waals surface area contributed by atoms with Gasteiger partial charge in [-0.15, -0.1) is 0 Å². The van der Waals surface area contributed by atoms with Crippen LogP contribution in [-0.4, -0.2) is 16.9 Å². The molecule has 0 spiro atoms. The van der Waals surface area contributed by atoms with Crippen molar-refractivity contribution in [1.82, 2.24) is 0 Å². The lowest BCUT2D eigenvalue weighted by Crippen LogP contribution is -2.39. The van der Waals surface area contributed by atoms with Crippen LogP contribution in [0.3, 0.4) is 0 Å². The second-order valence-corrected chi connectivity index (χ2v) is 6.78. The Hall–Kier alpha value is -0.260. The van der Waals surface area contributed by atoms with E-state index in [9.17, 15) is 18.3 Å². The van der Waals surface area contributed by atoms with Crippen molar-refractivity contribution in [2.75, 3.05) is 0 Å². The summed E-state index contributed by atoms with van der Waals surface area (Å²) >= 11 is 9.38. The van der Waals surface area contributed by atoms with Gasteiger partial charge in [-0.25, -0.2) is 0 Å². The summed E-state index contributed by atoms with van der Waals surface area (Å²) in [6.45, 7) is 0. The summed E-state index contributed by atoms with van der Waals surface area (Å²) in [4.78, 5) is 0. The van der Waals surface area contributed by atoms with Gasteiger partial charge in [0.15, 0.2) is 0 Å². The number of benzene rings is 1. The number of alkyl halides is 3. The predicted molar refractivity (Wildman–Crippen MR) is 75.8 cm³/mol. The molecule has 0 aliphatic heterocycles. The van der Waals surface area contributed by atoms with E-state index >= 15 is 0 Å². The minimum absolute atomic E-state index is 0.0197. The van der Waals surface area contributed by atoms with Gasteiger partial charge in [0, 0.05) is 15.9 Å². The van der Waals surface area contributed by atoms with Crippen LogP contribution >= 0.6 is 27.5 Å². The number of aliphatic hydroxyl groups is 1. The van der Waals surface area contributed by atoms with Gasteiger partial charge in [0.25, 0.3) is 0 Å². The van der Waals surface area contributed by atoms with E-state index < -0.39 is 17.7 Å². The van der Waals surface area contributed by atoms with Gasteiger partial charge in [-0.05, 0) is 43.4 Å². The van der Waals surface area contributed by atoms with Crippen molar-refractivity contribution in [1.29, 1.82) is 0 Å². The highest BCUT2D eigenvalue weighted by atomic mass is 79.9. The van der Waals surface area contributed by atoms with Gasteiger partial charge in [0.1, 0.15) is 0 Å². The van der Waals surface area contributed by atoms with Gasteiger partial charge in [-0.1, -0.05) is 33.6 Å². The first-order valence-corrected chi connectivity index (χ1v) is 7.60. The standard InChI is InChI=1S/C14H15BrClF3O/c15-11-2-1-9(12(16)7-11)8-13(20)5-3-10(4-6-13)14(17,18)19/h1-2,7,10,20H,3-6,8H2. The third kappa shape index (κ3) is 3.89. The molecule has 1 N–H and O–H groups in total. The van der Waals surface area contributed by atoms with Gasteiger partial charge < -0.3 is 5.11 Å². The molecular formula is C14H15BrClF3O. The summed E-state index contributed by atoms with van der Waals surface area (Å²) in [6, 6.07) is 5.33. The van der Waals surface area contributed by atoms with Gasteiger partial charge >= 0.3 is 6.18 Å². The van der Waals surface area contributed by atoms with E-state index in [0.29, 0.717) is 11.4 Å². The largest absolute Gasteiger partial charge is 0.391 e. The molecule has 20 heavy (non-hydrogen) atoms. The zero-order chi connectivity index (χ0) is 15.0. The van der Waals surface area contributed by atoms with Crippen molar-refractivity contribution >= 4 is 27.5 Å². The molecule has 112 valence electrons. The van der Waals surface area contributed by atoms with Crippen molar-refractivity contribution in [3.8, 4) is 0 Å². The van der Waals surface area contributed by atoms with Crippen molar-refractivity contribution in [3.05, 3.63) is 33.3 Å². The third-order valence-electron chi connectivity index (χ3n) is 3.91. The quantitative estimate of drug-likeness (QED) is 0.764. The van der Waals surface area contributed by atoms with Gasteiger partial charge in [-0.3, -0.25) is 0 Å². The second kappa shape index (κ2) is 5.85. The molecule has 1 aliphatic carbocycles. The highest BCUT2D eigenvalue weighted by molar-refractivity contribution is 9.10. The average Bonchev–Trinajstić information content (AvgIpc) is 2.32. The molecule has 0 radical (unpaired) electrons. The van der Waals surface area contributed by atoms with Crippen molar-refractivity contribution in [2.24, 2.45) is 5.92 Å². The molecule has 1 aromatic rings. The summed E-state index contributed by atoms with van der Waals surface area (Å²) in [5.41, 5.74) is -0.318. The Balaban J connectivity index is 2.03. The van der Waals surface area contributed by atoms with Crippen LogP contribution in [0.4, 0.5) is 13.2 Å². The predicted octanol–water partition coefficient (Wildman–Crippen LogP) is 5.13. The summed E-state index contributed by atoms with van der Waals surface area (Å²) in [7, 11) is 0. The third-order valence-corrected chi connectivity index (χ3v) is 4.76. The molecule has 0 bridgehead atoms. The molecule has 0 atom stereocenters. The van der Waals surface area contributed by atoms with Gasteiger partial charge in [-0.2, -0.15) is 13.2 Å². The molecule has 1 nitrogen and oxygen atoms in total. The van der Waals surface area contributed by atoms with Gasteiger partial charge in [0.2, 0.25) is 0 Å². The normalized spacial score (nSPS) is 27.6. The number of halogens is 5. The highest BCUT2D eigenvalue weighted by Gasteiger charge is 2.45. The summed E-state index contributed by atoms with van der Waals surface area (Å²) < 4.78 is 38.7. The van der Waals surface area contributed by atoms with E-state index in [0.717, 1.165) is 10.0 Å². The van der Waals surface area contributed by atoms with Crippen LogP contribution in [0.2, 0.25) is 5.02 Å². The lowest BCUT2D eigenvalue weighted by atomic mass is 9.75. The molecule has 1 aromatic carbocycles. The lowest BCUT2D eigenvalue weighted by Gasteiger charge is -2.37. The molecule has 1 saturated carbocycles. The fourth-order valence-electron chi connectivity index (χ4n) is 2.68. The minimum atomic E-state index is -4.16. The van der Waals surface area contributed by atoms with Crippen molar-refractivity contribution in [2.45, 2.75) is 43.9 Å². The Morgan fingerprint density at radius 3 is 2.40 bits per heavy atom. The Morgan fingerprint density at radius 1 is 1.30 bits per heavy atom. The minimum Gasteiger partial charge on any atom is -0.390 e. The molecule has 0 unspecified atom stereocenters. The summed E-state index contributed by atoms with van der Waals surface area (Å²) in [5.74, 6) is -1.29. The maximum Gasteiger partial charge on any atom is 0.391 e. The van der Waals surface area contributed by atoms with Crippen LogP contribution < -0.4 is 0 Å². The van der Waals surface area contributed by atoms with Crippen LogP contribution in [0.1, 0.15) is 31.2 Å². The summed E-state index contributed by atoms with van der Waals surface area (Å²) in [6.07, 6.45) is -3.59. The maximum atomic E-state index is 12.6. The van der Waals surface area contributed by atoms with Crippen LogP contribution in [0.15, 0.2) is 22.7 Å². The molecule has 6 heteroatoms. The van der Waals surface area contributed by atoms with E-state index in [-0.39, 0.29) is 25.7 Å². The molecule has 0 aromatic heterocycles. The fraction of sp³-hybridized carbons (Fsp3) is 0.571. The van der Waals surface area contributed by atoms with E-state index in [2.05, 4.69) is 15.9 Å². The SMILES string of the molecule is OC1(Cc2ccc(Br)cc2Cl)CCC(C(F)(F)F)CC1. The number of rotatable bonds is 2. The van der Waals surface area contributed by atoms with Crippen molar-refractivity contribution in [3.63, 3.8) is 0 Å². The average molecular weight is 372 g/mol. The number of hydrogen-bond acceptors (Lipinski definition) is 1. The lowest BCUT2D eigenvalue weighted by molar-refractivity contribution is -0.192. The Morgan fingerprint density at radius 2 is 1.90 bits per heavy atom. The summed E-state index contributed by atoms with van der Waals surface area (Å²) in [5, 5.41) is 11.0. The van der Waals surface area contributed by atoms with Crippen molar-refractivity contribution < 1.29 is 18.3 Å². The first-order chi connectivity index (χ1) is 9.20. The molecule has 0 amide bonds. The molecule has 0 saturated heterocycles. The Bertz CT molecular complexity index is 482. The number of hydrogen-bond donors (Lipinski definition) is 1. The van der Waals surface area contributed by atoms with E-state index in [4.69, 9.17) is 11.6 Å². The van der Waals surface area contributed by atoms with Crippen LogP contribution in [0.25, 0.3) is 0 Å². The Labute approximate surface area is 129 Å². The topological polar surface area (TPSA) is 20.2 Å².